The second kappa shape index (κ2) is 5.81. The third kappa shape index (κ3) is 4.34. The van der Waals surface area contributed by atoms with Crippen molar-refractivity contribution in [3.05, 3.63) is 22.2 Å². The fourth-order valence-electron chi connectivity index (χ4n) is 1.67. The lowest BCUT2D eigenvalue weighted by atomic mass is 10.1. The number of pyridine rings is 1. The van der Waals surface area contributed by atoms with E-state index < -0.39 is 10.5 Å². The number of nitrogens with zero attached hydrogens (tertiary/aromatic N) is 3. The van der Waals surface area contributed by atoms with Gasteiger partial charge in [0.2, 0.25) is 0 Å². The number of nitrogen functional groups attached to an aromatic ring is 1. The molecule has 0 saturated heterocycles. The molecule has 1 aromatic rings. The van der Waals surface area contributed by atoms with Gasteiger partial charge in [-0.2, -0.15) is 0 Å². The van der Waals surface area contributed by atoms with Gasteiger partial charge in [0.15, 0.2) is 0 Å². The van der Waals surface area contributed by atoms with E-state index in [0.717, 1.165) is 0 Å². The summed E-state index contributed by atoms with van der Waals surface area (Å²) in [5.74, 6) is 5.86. The van der Waals surface area contributed by atoms with Crippen LogP contribution < -0.4 is 16.2 Å². The van der Waals surface area contributed by atoms with E-state index in [1.165, 1.54) is 12.1 Å². The third-order valence-electron chi connectivity index (χ3n) is 2.44. The molecular weight excluding hydrogens is 250 g/mol. The van der Waals surface area contributed by atoms with Crippen LogP contribution in [0.2, 0.25) is 0 Å². The first kappa shape index (κ1) is 15.1. The van der Waals surface area contributed by atoms with E-state index in [0.29, 0.717) is 18.9 Å². The van der Waals surface area contributed by atoms with Crippen LogP contribution in [0.1, 0.15) is 20.8 Å². The van der Waals surface area contributed by atoms with Gasteiger partial charge in [-0.25, -0.2) is 10.8 Å². The summed E-state index contributed by atoms with van der Waals surface area (Å²) in [5, 5.41) is 20.7. The second-order valence-electron chi connectivity index (χ2n) is 4.80. The van der Waals surface area contributed by atoms with Crippen LogP contribution in [0.25, 0.3) is 0 Å². The van der Waals surface area contributed by atoms with E-state index >= 15 is 0 Å². The van der Waals surface area contributed by atoms with Crippen LogP contribution in [0.15, 0.2) is 12.1 Å². The molecule has 19 heavy (non-hydrogen) atoms. The zero-order valence-corrected chi connectivity index (χ0v) is 11.3. The van der Waals surface area contributed by atoms with Crippen molar-refractivity contribution in [2.75, 3.05) is 23.4 Å². The van der Waals surface area contributed by atoms with Crippen LogP contribution in [-0.2, 0) is 0 Å². The van der Waals surface area contributed by atoms with Gasteiger partial charge in [-0.05, 0) is 20.8 Å². The third-order valence-corrected chi connectivity index (χ3v) is 2.44. The summed E-state index contributed by atoms with van der Waals surface area (Å²) in [4.78, 5) is 16.3. The molecule has 0 fully saturated rings. The molecule has 106 valence electrons. The van der Waals surface area contributed by atoms with E-state index in [2.05, 4.69) is 10.4 Å². The molecule has 8 nitrogen and oxygen atoms in total. The van der Waals surface area contributed by atoms with E-state index in [1.807, 2.05) is 6.92 Å². The minimum absolute atomic E-state index is 0.104. The molecule has 1 aromatic heterocycles. The van der Waals surface area contributed by atoms with Crippen LogP contribution >= 0.6 is 0 Å². The van der Waals surface area contributed by atoms with Gasteiger partial charge in [0, 0.05) is 13.1 Å². The van der Waals surface area contributed by atoms with E-state index in [-0.39, 0.29) is 11.5 Å². The summed E-state index contributed by atoms with van der Waals surface area (Å²) < 4.78 is 0. The van der Waals surface area contributed by atoms with Crippen molar-refractivity contribution in [2.45, 2.75) is 26.4 Å². The molecule has 0 radical (unpaired) electrons. The van der Waals surface area contributed by atoms with Crippen molar-refractivity contribution in [1.82, 2.24) is 4.98 Å². The number of hydrogen-bond donors (Lipinski definition) is 3. The lowest BCUT2D eigenvalue weighted by Crippen LogP contribution is -2.39. The number of hydrogen-bond acceptors (Lipinski definition) is 7. The average Bonchev–Trinajstić information content (AvgIpc) is 2.34. The largest absolute Gasteiger partial charge is 0.389 e. The van der Waals surface area contributed by atoms with Gasteiger partial charge in [-0.3, -0.25) is 10.1 Å². The number of anilines is 2. The molecule has 0 aromatic carbocycles. The normalized spacial score (nSPS) is 11.2. The standard InChI is InChI=1S/C11H19N5O3/c1-4-15(7-11(2,3)17)10-6-8(16(18)19)5-9(13-10)14-12/h5-6,17H,4,7,12H2,1-3H3,(H,13,14). The Labute approximate surface area is 111 Å². The maximum absolute atomic E-state index is 10.9. The number of rotatable bonds is 6. The lowest BCUT2D eigenvalue weighted by Gasteiger charge is -2.29. The van der Waals surface area contributed by atoms with Gasteiger partial charge in [0.05, 0.1) is 22.7 Å². The van der Waals surface area contributed by atoms with Crippen LogP contribution in [-0.4, -0.2) is 33.7 Å². The molecule has 0 aliphatic rings. The Balaban J connectivity index is 3.15. The number of aromatic nitrogens is 1. The first-order valence-electron chi connectivity index (χ1n) is 5.87. The van der Waals surface area contributed by atoms with Crippen LogP contribution in [0.3, 0.4) is 0 Å². The quantitative estimate of drug-likeness (QED) is 0.398. The van der Waals surface area contributed by atoms with Crippen molar-refractivity contribution < 1.29 is 10.0 Å². The van der Waals surface area contributed by atoms with E-state index in [4.69, 9.17) is 5.84 Å². The molecule has 4 N–H and O–H groups in total. The van der Waals surface area contributed by atoms with Crippen molar-refractivity contribution in [3.63, 3.8) is 0 Å². The molecule has 0 atom stereocenters. The zero-order valence-electron chi connectivity index (χ0n) is 11.3. The Morgan fingerprint density at radius 3 is 2.63 bits per heavy atom. The van der Waals surface area contributed by atoms with Gasteiger partial charge < -0.3 is 15.4 Å². The number of nitrogens with two attached hydrogens (primary N) is 1. The maximum Gasteiger partial charge on any atom is 0.276 e. The minimum atomic E-state index is -0.932. The molecule has 0 saturated carbocycles. The van der Waals surface area contributed by atoms with Crippen LogP contribution in [0.4, 0.5) is 17.3 Å². The van der Waals surface area contributed by atoms with Gasteiger partial charge >= 0.3 is 0 Å². The molecule has 0 amide bonds. The summed E-state index contributed by atoms with van der Waals surface area (Å²) >= 11 is 0. The predicted molar refractivity (Wildman–Crippen MR) is 72.9 cm³/mol. The summed E-state index contributed by atoms with van der Waals surface area (Å²) in [6.07, 6.45) is 0. The van der Waals surface area contributed by atoms with E-state index in [1.54, 1.807) is 18.7 Å². The van der Waals surface area contributed by atoms with Crippen LogP contribution in [0.5, 0.6) is 0 Å². The number of aliphatic hydroxyl groups is 1. The lowest BCUT2D eigenvalue weighted by molar-refractivity contribution is -0.384. The molecule has 1 heterocycles. The van der Waals surface area contributed by atoms with Gasteiger partial charge in [0.1, 0.15) is 11.6 Å². The van der Waals surface area contributed by atoms with Crippen molar-refractivity contribution >= 4 is 17.3 Å². The van der Waals surface area contributed by atoms with Gasteiger partial charge in [0.25, 0.3) is 5.69 Å². The number of nitro groups is 1. The fourth-order valence-corrected chi connectivity index (χ4v) is 1.67. The highest BCUT2D eigenvalue weighted by Gasteiger charge is 2.21. The summed E-state index contributed by atoms with van der Waals surface area (Å²) in [6, 6.07) is 2.61. The smallest absolute Gasteiger partial charge is 0.276 e. The Morgan fingerprint density at radius 1 is 1.58 bits per heavy atom. The highest BCUT2D eigenvalue weighted by Crippen LogP contribution is 2.24. The summed E-state index contributed by atoms with van der Waals surface area (Å²) in [6.45, 7) is 6.07. The maximum atomic E-state index is 10.9. The number of likely N-dealkylation sites (N-methyl/N-ethyl adjacent to an activating group) is 1. The SMILES string of the molecule is CCN(CC(C)(C)O)c1cc([N+](=O)[O-])cc(NN)n1. The first-order valence-corrected chi connectivity index (χ1v) is 5.87. The summed E-state index contributed by atoms with van der Waals surface area (Å²) in [7, 11) is 0. The number of nitrogens with one attached hydrogen (secondary N) is 1. The Hall–Kier alpha value is -1.93. The molecule has 0 aliphatic carbocycles. The zero-order chi connectivity index (χ0) is 14.6. The Kier molecular flexibility index (Phi) is 4.62. The monoisotopic (exact) mass is 269 g/mol. The summed E-state index contributed by atoms with van der Waals surface area (Å²) in [5.41, 5.74) is 1.26. The molecule has 0 unspecified atom stereocenters. The topological polar surface area (TPSA) is 118 Å². The minimum Gasteiger partial charge on any atom is -0.389 e. The van der Waals surface area contributed by atoms with Gasteiger partial charge in [-0.1, -0.05) is 0 Å². The van der Waals surface area contributed by atoms with Crippen LogP contribution in [0, 0.1) is 10.1 Å². The highest BCUT2D eigenvalue weighted by molar-refractivity contribution is 5.55. The molecule has 0 aliphatic heterocycles. The molecule has 0 bridgehead atoms. The van der Waals surface area contributed by atoms with Crippen molar-refractivity contribution in [2.24, 2.45) is 5.84 Å². The van der Waals surface area contributed by atoms with Gasteiger partial charge in [-0.15, -0.1) is 0 Å². The Bertz CT molecular complexity index is 458. The average molecular weight is 269 g/mol. The molecule has 8 heteroatoms. The predicted octanol–water partition coefficient (Wildman–Crippen LogP) is 0.873. The van der Waals surface area contributed by atoms with Crippen molar-refractivity contribution in [3.8, 4) is 0 Å². The molecule has 1 rings (SSSR count). The molecular formula is C11H19N5O3. The van der Waals surface area contributed by atoms with Crippen molar-refractivity contribution in [1.29, 1.82) is 0 Å². The molecule has 0 spiro atoms. The number of hydrazine groups is 1. The fraction of sp³-hybridized carbons (Fsp3) is 0.545. The highest BCUT2D eigenvalue weighted by atomic mass is 16.6. The Morgan fingerprint density at radius 2 is 2.21 bits per heavy atom. The second-order valence-corrected chi connectivity index (χ2v) is 4.80. The van der Waals surface area contributed by atoms with E-state index in [9.17, 15) is 15.2 Å². The first-order chi connectivity index (χ1) is 8.76.